The van der Waals surface area contributed by atoms with Crippen molar-refractivity contribution < 1.29 is 17.6 Å². The van der Waals surface area contributed by atoms with Gasteiger partial charge in [-0.15, -0.1) is 0 Å². The molecule has 0 unspecified atom stereocenters. The van der Waals surface area contributed by atoms with E-state index < -0.39 is 24.6 Å². The van der Waals surface area contributed by atoms with Gasteiger partial charge in [0, 0.05) is 12.1 Å². The second-order valence-electron chi connectivity index (χ2n) is 2.88. The average molecular weight is 242 g/mol. The van der Waals surface area contributed by atoms with Gasteiger partial charge in [0.2, 0.25) is 0 Å². The van der Waals surface area contributed by atoms with Crippen LogP contribution in [0.3, 0.4) is 0 Å². The summed E-state index contributed by atoms with van der Waals surface area (Å²) in [4.78, 5) is 0. The molecule has 1 aromatic carbocycles. The molecule has 1 nitrogen and oxygen atoms in total. The number of hydrogen-bond donors (Lipinski definition) is 1. The van der Waals surface area contributed by atoms with Crippen molar-refractivity contribution in [3.8, 4) is 0 Å². The third-order valence-corrected chi connectivity index (χ3v) is 1.99. The molecule has 1 aromatic rings. The Labute approximate surface area is 89.0 Å². The van der Waals surface area contributed by atoms with Gasteiger partial charge in [0.25, 0.3) is 6.43 Å². The fraction of sp³-hybridized carbons (Fsp3) is 0.333. The first-order valence-corrected chi connectivity index (χ1v) is 4.50. The second-order valence-corrected chi connectivity index (χ2v) is 3.29. The lowest BCUT2D eigenvalue weighted by Gasteiger charge is -2.06. The molecule has 0 bridgehead atoms. The first kappa shape index (κ1) is 12.3. The predicted molar refractivity (Wildman–Crippen MR) is 49.1 cm³/mol. The summed E-state index contributed by atoms with van der Waals surface area (Å²) in [6.45, 7) is -0.728. The van der Waals surface area contributed by atoms with Crippen LogP contribution in [0.4, 0.5) is 17.6 Å². The minimum absolute atomic E-state index is 0.0300. The molecule has 0 aliphatic heterocycles. The van der Waals surface area contributed by atoms with Crippen molar-refractivity contribution in [2.75, 3.05) is 6.54 Å². The maximum absolute atomic E-state index is 13.1. The minimum atomic E-state index is -2.52. The standard InChI is InChI=1S/C9H8ClF4N/c10-6-2-7(11)5(1-8(6)12)3-15-4-9(13)14/h1-2,9,15H,3-4H2. The van der Waals surface area contributed by atoms with E-state index >= 15 is 0 Å². The SMILES string of the molecule is Fc1cc(CNCC(F)F)c(F)cc1Cl. The summed E-state index contributed by atoms with van der Waals surface area (Å²) in [5, 5.41) is 1.96. The third-order valence-electron chi connectivity index (χ3n) is 1.70. The molecule has 0 aliphatic carbocycles. The second kappa shape index (κ2) is 5.32. The van der Waals surface area contributed by atoms with Crippen LogP contribution in [0, 0.1) is 11.6 Å². The van der Waals surface area contributed by atoms with Gasteiger partial charge in [0.15, 0.2) is 0 Å². The fourth-order valence-electron chi connectivity index (χ4n) is 1.02. The van der Waals surface area contributed by atoms with Crippen molar-refractivity contribution in [3.63, 3.8) is 0 Å². The van der Waals surface area contributed by atoms with Crippen LogP contribution in [0.5, 0.6) is 0 Å². The van der Waals surface area contributed by atoms with Crippen molar-refractivity contribution >= 4 is 11.6 Å². The van der Waals surface area contributed by atoms with Crippen molar-refractivity contribution in [3.05, 3.63) is 34.4 Å². The van der Waals surface area contributed by atoms with Crippen LogP contribution in [-0.2, 0) is 6.54 Å². The van der Waals surface area contributed by atoms with E-state index in [9.17, 15) is 17.6 Å². The molecular weight excluding hydrogens is 234 g/mol. The van der Waals surface area contributed by atoms with Gasteiger partial charge in [0.1, 0.15) is 11.6 Å². The molecule has 1 N–H and O–H groups in total. The van der Waals surface area contributed by atoms with Crippen LogP contribution in [0.1, 0.15) is 5.56 Å². The van der Waals surface area contributed by atoms with E-state index in [0.29, 0.717) is 0 Å². The number of halogens is 5. The van der Waals surface area contributed by atoms with E-state index in [0.717, 1.165) is 12.1 Å². The largest absolute Gasteiger partial charge is 0.307 e. The molecule has 84 valence electrons. The van der Waals surface area contributed by atoms with Gasteiger partial charge in [-0.1, -0.05) is 11.6 Å². The van der Waals surface area contributed by atoms with Crippen LogP contribution in [0.2, 0.25) is 5.02 Å². The predicted octanol–water partition coefficient (Wildman–Crippen LogP) is 2.97. The van der Waals surface area contributed by atoms with Gasteiger partial charge < -0.3 is 5.32 Å². The lowest BCUT2D eigenvalue weighted by molar-refractivity contribution is 0.145. The maximum atomic E-state index is 13.1. The zero-order valence-electron chi connectivity index (χ0n) is 7.54. The van der Waals surface area contributed by atoms with Crippen LogP contribution in [0.15, 0.2) is 12.1 Å². The van der Waals surface area contributed by atoms with E-state index in [1.54, 1.807) is 0 Å². The lowest BCUT2D eigenvalue weighted by atomic mass is 10.2. The molecule has 15 heavy (non-hydrogen) atoms. The zero-order chi connectivity index (χ0) is 11.4. The summed E-state index contributed by atoms with van der Waals surface area (Å²) >= 11 is 5.32. The summed E-state index contributed by atoms with van der Waals surface area (Å²) < 4.78 is 49.4. The summed E-state index contributed by atoms with van der Waals surface area (Å²) in [5.41, 5.74) is -0.0300. The summed E-state index contributed by atoms with van der Waals surface area (Å²) in [6, 6.07) is 1.70. The monoisotopic (exact) mass is 241 g/mol. The van der Waals surface area contributed by atoms with E-state index in [4.69, 9.17) is 11.6 Å². The van der Waals surface area contributed by atoms with Crippen LogP contribution in [0.25, 0.3) is 0 Å². The molecule has 0 saturated carbocycles. The number of nitrogens with one attached hydrogen (secondary N) is 1. The number of alkyl halides is 2. The highest BCUT2D eigenvalue weighted by molar-refractivity contribution is 6.30. The Morgan fingerprint density at radius 3 is 2.47 bits per heavy atom. The fourth-order valence-corrected chi connectivity index (χ4v) is 1.17. The number of rotatable bonds is 4. The highest BCUT2D eigenvalue weighted by Crippen LogP contribution is 2.19. The van der Waals surface area contributed by atoms with Gasteiger partial charge in [0.05, 0.1) is 11.6 Å². The highest BCUT2D eigenvalue weighted by Gasteiger charge is 2.09. The molecule has 0 amide bonds. The summed E-state index contributed by atoms with van der Waals surface area (Å²) in [5.74, 6) is -1.49. The minimum Gasteiger partial charge on any atom is -0.307 e. The average Bonchev–Trinajstić information content (AvgIpc) is 2.13. The van der Waals surface area contributed by atoms with Gasteiger partial charge in [-0.05, 0) is 12.1 Å². The van der Waals surface area contributed by atoms with Gasteiger partial charge in [-0.3, -0.25) is 0 Å². The third kappa shape index (κ3) is 3.68. The molecule has 1 rings (SSSR count). The molecule has 0 fully saturated rings. The molecule has 0 aromatic heterocycles. The van der Waals surface area contributed by atoms with Crippen molar-refractivity contribution in [2.24, 2.45) is 0 Å². The Balaban J connectivity index is 2.65. The summed E-state index contributed by atoms with van der Waals surface area (Å²) in [6.07, 6.45) is -2.52. The first-order valence-electron chi connectivity index (χ1n) is 4.13. The van der Waals surface area contributed by atoms with Crippen LogP contribution >= 0.6 is 11.6 Å². The Morgan fingerprint density at radius 2 is 1.87 bits per heavy atom. The zero-order valence-corrected chi connectivity index (χ0v) is 8.29. The molecular formula is C9H8ClF4N. The molecule has 0 spiro atoms. The van der Waals surface area contributed by atoms with E-state index in [-0.39, 0.29) is 17.1 Å². The quantitative estimate of drug-likeness (QED) is 0.631. The first-order chi connectivity index (χ1) is 7.00. The van der Waals surface area contributed by atoms with Gasteiger partial charge in [-0.25, -0.2) is 17.6 Å². The summed E-state index contributed by atoms with van der Waals surface area (Å²) in [7, 11) is 0. The lowest BCUT2D eigenvalue weighted by Crippen LogP contribution is -2.21. The van der Waals surface area contributed by atoms with E-state index in [1.807, 2.05) is 0 Å². The topological polar surface area (TPSA) is 12.0 Å². The van der Waals surface area contributed by atoms with E-state index in [2.05, 4.69) is 5.32 Å². The van der Waals surface area contributed by atoms with Crippen molar-refractivity contribution in [1.82, 2.24) is 5.32 Å². The van der Waals surface area contributed by atoms with Gasteiger partial charge >= 0.3 is 0 Å². The highest BCUT2D eigenvalue weighted by atomic mass is 35.5. The number of benzene rings is 1. The molecule has 0 atom stereocenters. The maximum Gasteiger partial charge on any atom is 0.250 e. The molecule has 6 heteroatoms. The number of hydrogen-bond acceptors (Lipinski definition) is 1. The van der Waals surface area contributed by atoms with E-state index in [1.165, 1.54) is 0 Å². The molecule has 0 saturated heterocycles. The smallest absolute Gasteiger partial charge is 0.250 e. The molecule has 0 aliphatic rings. The Morgan fingerprint density at radius 1 is 1.20 bits per heavy atom. The van der Waals surface area contributed by atoms with Gasteiger partial charge in [-0.2, -0.15) is 0 Å². The normalized spacial score (nSPS) is 11.1. The van der Waals surface area contributed by atoms with Crippen molar-refractivity contribution in [2.45, 2.75) is 13.0 Å². The molecule has 0 heterocycles. The van der Waals surface area contributed by atoms with Crippen LogP contribution in [-0.4, -0.2) is 13.0 Å². The molecule has 0 radical (unpaired) electrons. The Bertz CT molecular complexity index is 343. The Hall–Kier alpha value is -0.810. The Kier molecular flexibility index (Phi) is 4.35. The van der Waals surface area contributed by atoms with Crippen molar-refractivity contribution in [1.29, 1.82) is 0 Å². The van der Waals surface area contributed by atoms with Crippen LogP contribution < -0.4 is 5.32 Å².